The molecule has 2 aromatic rings. The summed E-state index contributed by atoms with van der Waals surface area (Å²) in [5.41, 5.74) is 4.50. The summed E-state index contributed by atoms with van der Waals surface area (Å²) >= 11 is 0. The van der Waals surface area contributed by atoms with E-state index >= 15 is 0 Å². The standard InChI is InChI=1S/C17H17FN2/c1-11-8-12(2)17(13(3)9-11)16(10-19)20-15-7-5-4-6-14(15)18/h4-9,16,20H,1-3H3. The molecule has 0 saturated carbocycles. The number of hydrogen-bond donors (Lipinski definition) is 1. The van der Waals surface area contributed by atoms with E-state index in [1.165, 1.54) is 6.07 Å². The van der Waals surface area contributed by atoms with Crippen molar-refractivity contribution >= 4 is 5.69 Å². The zero-order chi connectivity index (χ0) is 14.7. The van der Waals surface area contributed by atoms with E-state index in [1.807, 2.05) is 32.9 Å². The molecule has 2 nitrogen and oxygen atoms in total. The fraction of sp³-hybridized carbons (Fsp3) is 0.235. The Morgan fingerprint density at radius 2 is 1.70 bits per heavy atom. The van der Waals surface area contributed by atoms with Gasteiger partial charge in [-0.3, -0.25) is 0 Å². The average molecular weight is 268 g/mol. The minimum Gasteiger partial charge on any atom is -0.364 e. The molecule has 0 aliphatic carbocycles. The fourth-order valence-corrected chi connectivity index (χ4v) is 2.55. The molecule has 0 aliphatic rings. The van der Waals surface area contributed by atoms with Gasteiger partial charge in [0.2, 0.25) is 0 Å². The first-order valence-corrected chi connectivity index (χ1v) is 6.51. The van der Waals surface area contributed by atoms with E-state index in [9.17, 15) is 9.65 Å². The molecule has 0 spiro atoms. The molecule has 20 heavy (non-hydrogen) atoms. The van der Waals surface area contributed by atoms with Crippen LogP contribution in [0, 0.1) is 37.9 Å². The molecular weight excluding hydrogens is 251 g/mol. The molecule has 0 radical (unpaired) electrons. The summed E-state index contributed by atoms with van der Waals surface area (Å²) in [5.74, 6) is -0.352. The van der Waals surface area contributed by atoms with Crippen molar-refractivity contribution in [2.45, 2.75) is 26.8 Å². The Balaban J connectivity index is 2.40. The van der Waals surface area contributed by atoms with Crippen molar-refractivity contribution in [1.82, 2.24) is 0 Å². The van der Waals surface area contributed by atoms with Crippen LogP contribution in [0.1, 0.15) is 28.3 Å². The van der Waals surface area contributed by atoms with Gasteiger partial charge in [0, 0.05) is 0 Å². The minimum absolute atomic E-state index is 0.346. The number of rotatable bonds is 3. The molecule has 1 N–H and O–H groups in total. The maximum atomic E-state index is 13.7. The van der Waals surface area contributed by atoms with Crippen LogP contribution in [0.5, 0.6) is 0 Å². The molecule has 102 valence electrons. The summed E-state index contributed by atoms with van der Waals surface area (Å²) in [6.07, 6.45) is 0. The van der Waals surface area contributed by atoms with Crippen molar-refractivity contribution in [1.29, 1.82) is 5.26 Å². The van der Waals surface area contributed by atoms with Gasteiger partial charge in [0.15, 0.2) is 0 Å². The van der Waals surface area contributed by atoms with Crippen LogP contribution in [0.15, 0.2) is 36.4 Å². The Morgan fingerprint density at radius 1 is 1.10 bits per heavy atom. The first kappa shape index (κ1) is 14.1. The summed E-state index contributed by atoms with van der Waals surface area (Å²) < 4.78 is 13.7. The van der Waals surface area contributed by atoms with Crippen LogP contribution in [0.2, 0.25) is 0 Å². The Kier molecular flexibility index (Phi) is 4.05. The highest BCUT2D eigenvalue weighted by atomic mass is 19.1. The lowest BCUT2D eigenvalue weighted by Crippen LogP contribution is -2.13. The third-order valence-corrected chi connectivity index (χ3v) is 3.33. The number of hydrogen-bond acceptors (Lipinski definition) is 2. The zero-order valence-corrected chi connectivity index (χ0v) is 11.9. The molecule has 2 rings (SSSR count). The SMILES string of the molecule is Cc1cc(C)c(C(C#N)Nc2ccccc2F)c(C)c1. The van der Waals surface area contributed by atoms with Crippen LogP contribution >= 0.6 is 0 Å². The predicted octanol–water partition coefficient (Wildman–Crippen LogP) is 4.43. The van der Waals surface area contributed by atoms with Gasteiger partial charge in [0.25, 0.3) is 0 Å². The second-order valence-electron chi connectivity index (χ2n) is 5.00. The monoisotopic (exact) mass is 268 g/mol. The van der Waals surface area contributed by atoms with Gasteiger partial charge in [-0.25, -0.2) is 4.39 Å². The third kappa shape index (κ3) is 2.80. The minimum atomic E-state index is -0.563. The largest absolute Gasteiger partial charge is 0.364 e. The molecular formula is C17H17FN2. The first-order valence-electron chi connectivity index (χ1n) is 6.51. The highest BCUT2D eigenvalue weighted by Crippen LogP contribution is 2.27. The number of anilines is 1. The summed E-state index contributed by atoms with van der Waals surface area (Å²) in [6, 6.07) is 12.1. The second-order valence-corrected chi connectivity index (χ2v) is 5.00. The Hall–Kier alpha value is -2.34. The summed E-state index contributed by atoms with van der Waals surface area (Å²) in [5, 5.41) is 12.4. The van der Waals surface area contributed by atoms with Gasteiger partial charge < -0.3 is 5.32 Å². The van der Waals surface area contributed by atoms with Crippen molar-refractivity contribution in [2.24, 2.45) is 0 Å². The van der Waals surface area contributed by atoms with Crippen molar-refractivity contribution in [2.75, 3.05) is 5.32 Å². The van der Waals surface area contributed by atoms with E-state index in [1.54, 1.807) is 18.2 Å². The van der Waals surface area contributed by atoms with Gasteiger partial charge in [-0.1, -0.05) is 29.8 Å². The summed E-state index contributed by atoms with van der Waals surface area (Å²) in [4.78, 5) is 0. The van der Waals surface area contributed by atoms with Crippen molar-refractivity contribution in [3.8, 4) is 6.07 Å². The number of para-hydroxylation sites is 1. The van der Waals surface area contributed by atoms with E-state index in [4.69, 9.17) is 0 Å². The number of aryl methyl sites for hydroxylation is 3. The molecule has 0 saturated heterocycles. The third-order valence-electron chi connectivity index (χ3n) is 3.33. The van der Waals surface area contributed by atoms with E-state index in [-0.39, 0.29) is 5.82 Å². The molecule has 0 fully saturated rings. The molecule has 0 amide bonds. The molecule has 2 aromatic carbocycles. The smallest absolute Gasteiger partial charge is 0.146 e. The molecule has 1 unspecified atom stereocenters. The zero-order valence-electron chi connectivity index (χ0n) is 11.9. The van der Waals surface area contributed by atoms with Crippen LogP contribution in [0.25, 0.3) is 0 Å². The lowest BCUT2D eigenvalue weighted by Gasteiger charge is -2.19. The van der Waals surface area contributed by atoms with Gasteiger partial charge in [0.05, 0.1) is 11.8 Å². The van der Waals surface area contributed by atoms with Crippen molar-refractivity contribution < 1.29 is 4.39 Å². The number of nitrogens with one attached hydrogen (secondary N) is 1. The van der Waals surface area contributed by atoms with Gasteiger partial charge in [0.1, 0.15) is 11.9 Å². The van der Waals surface area contributed by atoms with Crippen LogP contribution in [-0.2, 0) is 0 Å². The van der Waals surface area contributed by atoms with Crippen LogP contribution in [0.3, 0.4) is 0 Å². The predicted molar refractivity (Wildman–Crippen MR) is 79.0 cm³/mol. The van der Waals surface area contributed by atoms with Crippen LogP contribution < -0.4 is 5.32 Å². The lowest BCUT2D eigenvalue weighted by atomic mass is 9.94. The maximum absolute atomic E-state index is 13.7. The van der Waals surface area contributed by atoms with Gasteiger partial charge in [-0.2, -0.15) is 5.26 Å². The molecule has 0 aromatic heterocycles. The maximum Gasteiger partial charge on any atom is 0.146 e. The Morgan fingerprint density at radius 3 is 2.25 bits per heavy atom. The molecule has 3 heteroatoms. The first-order chi connectivity index (χ1) is 9.52. The van der Waals surface area contributed by atoms with E-state index < -0.39 is 6.04 Å². The number of halogens is 1. The summed E-state index contributed by atoms with van der Waals surface area (Å²) in [6.45, 7) is 5.97. The Labute approximate surface area is 118 Å². The second kappa shape index (κ2) is 5.75. The molecule has 0 heterocycles. The van der Waals surface area contributed by atoms with Gasteiger partial charge in [-0.05, 0) is 49.6 Å². The number of benzene rings is 2. The quantitative estimate of drug-likeness (QED) is 0.894. The fourth-order valence-electron chi connectivity index (χ4n) is 2.55. The van der Waals surface area contributed by atoms with Crippen LogP contribution in [-0.4, -0.2) is 0 Å². The summed E-state index contributed by atoms with van der Waals surface area (Å²) in [7, 11) is 0. The van der Waals surface area contributed by atoms with Crippen molar-refractivity contribution in [3.63, 3.8) is 0 Å². The Bertz CT molecular complexity index is 648. The number of nitrogens with zero attached hydrogens (tertiary/aromatic N) is 1. The highest BCUT2D eigenvalue weighted by molar-refractivity contribution is 5.51. The van der Waals surface area contributed by atoms with Crippen molar-refractivity contribution in [3.05, 3.63) is 64.5 Å². The van der Waals surface area contributed by atoms with E-state index in [2.05, 4.69) is 11.4 Å². The molecule has 0 aliphatic heterocycles. The normalized spacial score (nSPS) is 11.8. The lowest BCUT2D eigenvalue weighted by molar-refractivity contribution is 0.629. The number of nitriles is 1. The van der Waals surface area contributed by atoms with E-state index in [0.717, 1.165) is 22.3 Å². The molecule has 0 bridgehead atoms. The highest BCUT2D eigenvalue weighted by Gasteiger charge is 2.17. The van der Waals surface area contributed by atoms with Gasteiger partial charge >= 0.3 is 0 Å². The average Bonchev–Trinajstić information content (AvgIpc) is 2.38. The van der Waals surface area contributed by atoms with E-state index in [0.29, 0.717) is 5.69 Å². The van der Waals surface area contributed by atoms with Gasteiger partial charge in [-0.15, -0.1) is 0 Å². The van der Waals surface area contributed by atoms with Crippen LogP contribution in [0.4, 0.5) is 10.1 Å². The molecule has 1 atom stereocenters. The topological polar surface area (TPSA) is 35.8 Å².